The van der Waals surface area contributed by atoms with Gasteiger partial charge in [0.1, 0.15) is 18.0 Å². The molecule has 8 nitrogen and oxygen atoms in total. The molecule has 0 aromatic carbocycles. The van der Waals surface area contributed by atoms with Gasteiger partial charge in [-0.3, -0.25) is 0 Å². The van der Waals surface area contributed by atoms with Crippen LogP contribution in [0.3, 0.4) is 0 Å². The number of aromatic nitrogens is 6. The predicted octanol–water partition coefficient (Wildman–Crippen LogP) is 2.75. The highest BCUT2D eigenvalue weighted by Gasteiger charge is 2.33. The lowest BCUT2D eigenvalue weighted by Gasteiger charge is -2.45. The van der Waals surface area contributed by atoms with Gasteiger partial charge in [0.05, 0.1) is 16.3 Å². The topological polar surface area (TPSA) is 75.3 Å². The molecular weight excluding hydrogens is 372 g/mol. The molecule has 144 valence electrons. The van der Waals surface area contributed by atoms with Gasteiger partial charge in [0, 0.05) is 25.6 Å². The molecule has 0 saturated carbocycles. The third-order valence-electron chi connectivity index (χ3n) is 5.21. The smallest absolute Gasteiger partial charge is 0.178 e. The van der Waals surface area contributed by atoms with Crippen molar-refractivity contribution in [2.75, 3.05) is 29.9 Å². The fourth-order valence-corrected chi connectivity index (χ4v) is 4.38. The summed E-state index contributed by atoms with van der Waals surface area (Å²) in [6.45, 7) is 8.18. The number of nitrogens with zero attached hydrogens (tertiary/aromatic N) is 8. The van der Waals surface area contributed by atoms with Crippen molar-refractivity contribution >= 4 is 38.8 Å². The number of hydrogen-bond donors (Lipinski definition) is 0. The minimum atomic E-state index is -0.109. The third-order valence-corrected chi connectivity index (χ3v) is 6.11. The van der Waals surface area contributed by atoms with Crippen LogP contribution in [-0.2, 0) is 5.41 Å². The standard InChI is InChI=1S/C19H22N8S/c1-19(2,3)18-23-22-14-5-6-15(24-27(14)18)26-9-12(10-26)25(4)17-16-13(7-8-28-16)20-11-21-17/h5-8,11-12H,9-10H2,1-4H3. The first-order valence-electron chi connectivity index (χ1n) is 9.31. The van der Waals surface area contributed by atoms with E-state index in [0.717, 1.165) is 46.4 Å². The van der Waals surface area contributed by atoms with Crippen LogP contribution in [0.25, 0.3) is 15.9 Å². The van der Waals surface area contributed by atoms with Gasteiger partial charge >= 0.3 is 0 Å². The quantitative estimate of drug-likeness (QED) is 0.529. The SMILES string of the molecule is CN(c1ncnc2ccsc12)C1CN(c2ccc3nnc(C(C)(C)C)n3n2)C1. The number of rotatable bonds is 3. The highest BCUT2D eigenvalue weighted by molar-refractivity contribution is 7.17. The summed E-state index contributed by atoms with van der Waals surface area (Å²) in [7, 11) is 2.11. The summed E-state index contributed by atoms with van der Waals surface area (Å²) >= 11 is 1.69. The fraction of sp³-hybridized carbons (Fsp3) is 0.421. The lowest BCUT2D eigenvalue weighted by atomic mass is 9.96. The summed E-state index contributed by atoms with van der Waals surface area (Å²) in [5, 5.41) is 15.4. The zero-order valence-electron chi connectivity index (χ0n) is 16.4. The zero-order valence-corrected chi connectivity index (χ0v) is 17.2. The van der Waals surface area contributed by atoms with Crippen LogP contribution in [-0.4, -0.2) is 56.0 Å². The van der Waals surface area contributed by atoms with Gasteiger partial charge in [-0.1, -0.05) is 20.8 Å². The Morgan fingerprint density at radius 1 is 1.11 bits per heavy atom. The van der Waals surface area contributed by atoms with E-state index in [4.69, 9.17) is 5.10 Å². The third kappa shape index (κ3) is 2.69. The molecule has 28 heavy (non-hydrogen) atoms. The van der Waals surface area contributed by atoms with E-state index in [0.29, 0.717) is 6.04 Å². The minimum absolute atomic E-state index is 0.109. The molecule has 5 heterocycles. The molecule has 5 rings (SSSR count). The van der Waals surface area contributed by atoms with E-state index in [-0.39, 0.29) is 5.41 Å². The monoisotopic (exact) mass is 394 g/mol. The number of thiophene rings is 1. The first-order valence-corrected chi connectivity index (χ1v) is 10.2. The Bertz CT molecular complexity index is 1150. The van der Waals surface area contributed by atoms with E-state index in [9.17, 15) is 0 Å². The molecule has 0 bridgehead atoms. The van der Waals surface area contributed by atoms with Gasteiger partial charge < -0.3 is 9.80 Å². The van der Waals surface area contributed by atoms with Gasteiger partial charge in [0.15, 0.2) is 11.5 Å². The molecule has 1 aliphatic rings. The maximum atomic E-state index is 4.81. The van der Waals surface area contributed by atoms with Crippen LogP contribution in [0.5, 0.6) is 0 Å². The normalized spacial score (nSPS) is 15.4. The molecule has 0 atom stereocenters. The van der Waals surface area contributed by atoms with Crippen molar-refractivity contribution in [2.45, 2.75) is 32.2 Å². The van der Waals surface area contributed by atoms with Crippen LogP contribution in [0, 0.1) is 0 Å². The largest absolute Gasteiger partial charge is 0.352 e. The van der Waals surface area contributed by atoms with Gasteiger partial charge in [-0.2, -0.15) is 4.52 Å². The van der Waals surface area contributed by atoms with Gasteiger partial charge in [0.2, 0.25) is 0 Å². The van der Waals surface area contributed by atoms with Gasteiger partial charge in [-0.25, -0.2) is 9.97 Å². The molecule has 9 heteroatoms. The molecular formula is C19H22N8S. The van der Waals surface area contributed by atoms with Crippen LogP contribution < -0.4 is 9.80 Å². The average Bonchev–Trinajstić information content (AvgIpc) is 3.25. The van der Waals surface area contributed by atoms with Crippen molar-refractivity contribution in [2.24, 2.45) is 0 Å². The summed E-state index contributed by atoms with van der Waals surface area (Å²) in [6.07, 6.45) is 1.65. The molecule has 1 saturated heterocycles. The minimum Gasteiger partial charge on any atom is -0.352 e. The van der Waals surface area contributed by atoms with Crippen molar-refractivity contribution < 1.29 is 0 Å². The average molecular weight is 395 g/mol. The summed E-state index contributed by atoms with van der Waals surface area (Å²) in [5.74, 6) is 2.83. The summed E-state index contributed by atoms with van der Waals surface area (Å²) in [4.78, 5) is 13.4. The van der Waals surface area contributed by atoms with Crippen molar-refractivity contribution in [3.05, 3.63) is 35.7 Å². The van der Waals surface area contributed by atoms with Crippen LogP contribution in [0.2, 0.25) is 0 Å². The van der Waals surface area contributed by atoms with E-state index in [1.807, 2.05) is 22.7 Å². The van der Waals surface area contributed by atoms with Crippen LogP contribution in [0.4, 0.5) is 11.6 Å². The summed E-state index contributed by atoms with van der Waals surface area (Å²) < 4.78 is 3.01. The van der Waals surface area contributed by atoms with E-state index in [2.05, 4.69) is 63.2 Å². The van der Waals surface area contributed by atoms with Crippen LogP contribution >= 0.6 is 11.3 Å². The molecule has 4 aromatic heterocycles. The first-order chi connectivity index (χ1) is 13.4. The Hall–Kier alpha value is -2.81. The fourth-order valence-electron chi connectivity index (χ4n) is 3.50. The molecule has 1 aliphatic heterocycles. The Kier molecular flexibility index (Phi) is 3.77. The highest BCUT2D eigenvalue weighted by Crippen LogP contribution is 2.31. The second-order valence-corrected chi connectivity index (χ2v) is 9.15. The Morgan fingerprint density at radius 3 is 2.71 bits per heavy atom. The van der Waals surface area contributed by atoms with E-state index in [1.54, 1.807) is 17.7 Å². The van der Waals surface area contributed by atoms with E-state index >= 15 is 0 Å². The van der Waals surface area contributed by atoms with Crippen LogP contribution in [0.1, 0.15) is 26.6 Å². The maximum Gasteiger partial charge on any atom is 0.178 e. The number of anilines is 2. The highest BCUT2D eigenvalue weighted by atomic mass is 32.1. The van der Waals surface area contributed by atoms with Crippen molar-refractivity contribution in [3.8, 4) is 0 Å². The number of hydrogen-bond acceptors (Lipinski definition) is 8. The zero-order chi connectivity index (χ0) is 19.5. The maximum absolute atomic E-state index is 4.81. The first kappa shape index (κ1) is 17.3. The number of fused-ring (bicyclic) bond motifs is 2. The molecule has 4 aromatic rings. The number of likely N-dealkylation sites (N-methyl/N-ethyl adjacent to an activating group) is 1. The van der Waals surface area contributed by atoms with E-state index in [1.165, 1.54) is 0 Å². The van der Waals surface area contributed by atoms with Crippen molar-refractivity contribution in [3.63, 3.8) is 0 Å². The Balaban J connectivity index is 1.37. The van der Waals surface area contributed by atoms with E-state index < -0.39 is 0 Å². The molecule has 0 unspecified atom stereocenters. The molecule has 0 amide bonds. The van der Waals surface area contributed by atoms with Crippen molar-refractivity contribution in [1.29, 1.82) is 0 Å². The summed E-state index contributed by atoms with van der Waals surface area (Å²) in [5.41, 5.74) is 1.68. The summed E-state index contributed by atoms with van der Waals surface area (Å²) in [6, 6.07) is 6.44. The second-order valence-electron chi connectivity index (χ2n) is 8.24. The lowest BCUT2D eigenvalue weighted by Crippen LogP contribution is -2.59. The van der Waals surface area contributed by atoms with Gasteiger partial charge in [-0.15, -0.1) is 26.6 Å². The predicted molar refractivity (Wildman–Crippen MR) is 111 cm³/mol. The second kappa shape index (κ2) is 6.10. The van der Waals surface area contributed by atoms with Crippen molar-refractivity contribution in [1.82, 2.24) is 29.8 Å². The molecule has 0 spiro atoms. The molecule has 1 fully saturated rings. The van der Waals surface area contributed by atoms with Gasteiger partial charge in [-0.05, 0) is 23.6 Å². The molecule has 0 N–H and O–H groups in total. The lowest BCUT2D eigenvalue weighted by molar-refractivity contribution is 0.484. The molecule has 0 aliphatic carbocycles. The Labute approximate surface area is 166 Å². The van der Waals surface area contributed by atoms with Gasteiger partial charge in [0.25, 0.3) is 0 Å². The molecule has 0 radical (unpaired) electrons. The Morgan fingerprint density at radius 2 is 1.93 bits per heavy atom. The van der Waals surface area contributed by atoms with Crippen LogP contribution in [0.15, 0.2) is 29.9 Å².